The molecule has 9 heteroatoms. The molecule has 0 aliphatic rings. The molecule has 0 fully saturated rings. The molecular formula is C18H14ClN3O4S. The molecule has 2 aromatic carbocycles. The Morgan fingerprint density at radius 2 is 2.19 bits per heavy atom. The van der Waals surface area contributed by atoms with Gasteiger partial charge in [-0.1, -0.05) is 29.0 Å². The molecule has 0 aliphatic heterocycles. The number of allylic oxidation sites excluding steroid dienone is 1. The van der Waals surface area contributed by atoms with E-state index in [1.54, 1.807) is 17.8 Å². The first kappa shape index (κ1) is 18.8. The minimum atomic E-state index is -0.736. The van der Waals surface area contributed by atoms with Crippen molar-refractivity contribution in [2.24, 2.45) is 4.99 Å². The highest BCUT2D eigenvalue weighted by Crippen LogP contribution is 2.25. The molecule has 3 aromatic rings. The zero-order valence-electron chi connectivity index (χ0n) is 14.2. The number of hydrogen-bond donors (Lipinski definition) is 0. The number of ether oxygens (including phenoxy) is 1. The number of aromatic nitrogens is 1. The van der Waals surface area contributed by atoms with Crippen LogP contribution in [0, 0.1) is 10.1 Å². The normalized spacial score (nSPS) is 11.6. The molecule has 7 nitrogen and oxygen atoms in total. The molecular weight excluding hydrogens is 390 g/mol. The molecule has 0 saturated heterocycles. The maximum atomic E-state index is 12.7. The van der Waals surface area contributed by atoms with Crippen molar-refractivity contribution in [1.29, 1.82) is 0 Å². The monoisotopic (exact) mass is 403 g/mol. The summed E-state index contributed by atoms with van der Waals surface area (Å²) < 4.78 is 7.90. The Kier molecular flexibility index (Phi) is 5.38. The van der Waals surface area contributed by atoms with E-state index in [2.05, 4.69) is 11.6 Å². The van der Waals surface area contributed by atoms with Crippen LogP contribution in [-0.4, -0.2) is 22.5 Å². The van der Waals surface area contributed by atoms with Crippen LogP contribution in [0.15, 0.2) is 54.0 Å². The first-order chi connectivity index (χ1) is 12.9. The molecule has 1 heterocycles. The highest BCUT2D eigenvalue weighted by atomic mass is 35.5. The van der Waals surface area contributed by atoms with Crippen molar-refractivity contribution in [3.8, 4) is 5.75 Å². The van der Waals surface area contributed by atoms with E-state index in [0.29, 0.717) is 17.1 Å². The third kappa shape index (κ3) is 3.76. The molecule has 0 atom stereocenters. The Balaban J connectivity index is 2.19. The average molecular weight is 404 g/mol. The Hall–Kier alpha value is -2.97. The lowest BCUT2D eigenvalue weighted by Gasteiger charge is -2.03. The number of carbonyl (C=O) groups is 1. The van der Waals surface area contributed by atoms with Crippen molar-refractivity contribution in [1.82, 2.24) is 4.57 Å². The minimum Gasteiger partial charge on any atom is -0.497 e. The molecule has 0 spiro atoms. The summed E-state index contributed by atoms with van der Waals surface area (Å²) in [5, 5.41) is 11.4. The van der Waals surface area contributed by atoms with Crippen LogP contribution >= 0.6 is 22.9 Å². The molecule has 3 rings (SSSR count). The molecule has 1 aromatic heterocycles. The van der Waals surface area contributed by atoms with Crippen LogP contribution in [0.4, 0.5) is 5.69 Å². The number of nitro groups is 1. The van der Waals surface area contributed by atoms with Gasteiger partial charge in [0.2, 0.25) is 0 Å². The van der Waals surface area contributed by atoms with Crippen molar-refractivity contribution >= 4 is 44.7 Å². The fourth-order valence-electron chi connectivity index (χ4n) is 2.56. The second-order valence-corrected chi connectivity index (χ2v) is 6.90. The molecule has 0 radical (unpaired) electrons. The van der Waals surface area contributed by atoms with Gasteiger partial charge in [-0.25, -0.2) is 0 Å². The highest BCUT2D eigenvalue weighted by Gasteiger charge is 2.20. The van der Waals surface area contributed by atoms with Gasteiger partial charge in [-0.15, -0.1) is 6.58 Å². The summed E-state index contributed by atoms with van der Waals surface area (Å²) in [5.41, 5.74) is 0.353. The molecule has 0 N–H and O–H groups in total. The number of halogens is 1. The number of nitro benzene ring substituents is 1. The van der Waals surface area contributed by atoms with Gasteiger partial charge in [0.15, 0.2) is 4.80 Å². The van der Waals surface area contributed by atoms with E-state index in [4.69, 9.17) is 16.3 Å². The lowest BCUT2D eigenvalue weighted by Crippen LogP contribution is -2.16. The number of fused-ring (bicyclic) bond motifs is 1. The number of nitrogens with zero attached hydrogens (tertiary/aromatic N) is 3. The first-order valence-corrected chi connectivity index (χ1v) is 8.95. The van der Waals surface area contributed by atoms with Crippen LogP contribution in [0.3, 0.4) is 0 Å². The lowest BCUT2D eigenvalue weighted by molar-refractivity contribution is -0.385. The molecule has 0 bridgehead atoms. The minimum absolute atomic E-state index is 0.160. The van der Waals surface area contributed by atoms with Crippen molar-refractivity contribution in [3.05, 3.63) is 74.6 Å². The fourth-order valence-corrected chi connectivity index (χ4v) is 3.80. The van der Waals surface area contributed by atoms with Gasteiger partial charge in [0, 0.05) is 17.6 Å². The number of rotatable bonds is 5. The van der Waals surface area contributed by atoms with E-state index in [0.717, 1.165) is 10.2 Å². The summed E-state index contributed by atoms with van der Waals surface area (Å²) in [6.45, 7) is 4.16. The number of methoxy groups -OCH3 is 1. The van der Waals surface area contributed by atoms with Crippen molar-refractivity contribution in [3.63, 3.8) is 0 Å². The second kappa shape index (κ2) is 7.73. The van der Waals surface area contributed by atoms with Gasteiger partial charge in [0.25, 0.3) is 11.6 Å². The zero-order chi connectivity index (χ0) is 19.6. The van der Waals surface area contributed by atoms with E-state index >= 15 is 0 Å². The maximum Gasteiger partial charge on any atom is 0.286 e. The van der Waals surface area contributed by atoms with Gasteiger partial charge in [-0.2, -0.15) is 4.99 Å². The number of amides is 1. The zero-order valence-corrected chi connectivity index (χ0v) is 15.8. The van der Waals surface area contributed by atoms with Gasteiger partial charge in [0.1, 0.15) is 11.3 Å². The number of thiazole rings is 1. The third-order valence-electron chi connectivity index (χ3n) is 3.78. The van der Waals surface area contributed by atoms with E-state index < -0.39 is 10.8 Å². The molecule has 0 saturated carbocycles. The standard InChI is InChI=1S/C18H14ClN3O4S/c1-3-8-21-15-7-5-12(26-2)10-16(15)27-18(21)20-17(23)13-9-11(19)4-6-14(13)22(24)25/h3-7,9-10H,1,8H2,2H3. The third-order valence-corrected chi connectivity index (χ3v) is 5.06. The van der Waals surface area contributed by atoms with Crippen LogP contribution < -0.4 is 9.54 Å². The first-order valence-electron chi connectivity index (χ1n) is 7.76. The second-order valence-electron chi connectivity index (χ2n) is 5.45. The van der Waals surface area contributed by atoms with Gasteiger partial charge >= 0.3 is 0 Å². The summed E-state index contributed by atoms with van der Waals surface area (Å²) in [6, 6.07) is 9.31. The summed E-state index contributed by atoms with van der Waals surface area (Å²) in [6.07, 6.45) is 1.68. The summed E-state index contributed by atoms with van der Waals surface area (Å²) in [7, 11) is 1.57. The van der Waals surface area contributed by atoms with Crippen molar-refractivity contribution < 1.29 is 14.5 Å². The molecule has 138 valence electrons. The Bertz CT molecular complexity index is 1130. The lowest BCUT2D eigenvalue weighted by atomic mass is 10.2. The fraction of sp³-hybridized carbons (Fsp3) is 0.111. The largest absolute Gasteiger partial charge is 0.497 e. The number of carbonyl (C=O) groups excluding carboxylic acids is 1. The molecule has 27 heavy (non-hydrogen) atoms. The highest BCUT2D eigenvalue weighted by molar-refractivity contribution is 7.16. The van der Waals surface area contributed by atoms with E-state index in [1.807, 2.05) is 18.2 Å². The van der Waals surface area contributed by atoms with E-state index in [1.165, 1.54) is 29.5 Å². The van der Waals surface area contributed by atoms with Gasteiger partial charge < -0.3 is 9.30 Å². The average Bonchev–Trinajstić information content (AvgIpc) is 2.98. The summed E-state index contributed by atoms with van der Waals surface area (Å²) >= 11 is 7.18. The van der Waals surface area contributed by atoms with E-state index in [-0.39, 0.29) is 16.3 Å². The van der Waals surface area contributed by atoms with Crippen molar-refractivity contribution in [2.45, 2.75) is 6.54 Å². The topological polar surface area (TPSA) is 86.7 Å². The number of hydrogen-bond acceptors (Lipinski definition) is 5. The SMILES string of the molecule is C=CCn1c(=NC(=O)c2cc(Cl)ccc2[N+](=O)[O-])sc2cc(OC)ccc21. The molecule has 0 aliphatic carbocycles. The van der Waals surface area contributed by atoms with Gasteiger partial charge in [0.05, 0.1) is 22.2 Å². The Labute approximate surface area is 163 Å². The number of benzene rings is 2. The van der Waals surface area contributed by atoms with E-state index in [9.17, 15) is 14.9 Å². The van der Waals surface area contributed by atoms with Crippen LogP contribution in [0.2, 0.25) is 5.02 Å². The van der Waals surface area contributed by atoms with Crippen LogP contribution in [0.1, 0.15) is 10.4 Å². The Morgan fingerprint density at radius 3 is 2.85 bits per heavy atom. The predicted octanol–water partition coefficient (Wildman–Crippen LogP) is 4.20. The van der Waals surface area contributed by atoms with Crippen LogP contribution in [0.25, 0.3) is 10.2 Å². The van der Waals surface area contributed by atoms with Gasteiger partial charge in [-0.05, 0) is 30.3 Å². The van der Waals surface area contributed by atoms with Gasteiger partial charge in [-0.3, -0.25) is 14.9 Å². The predicted molar refractivity (Wildman–Crippen MR) is 105 cm³/mol. The smallest absolute Gasteiger partial charge is 0.286 e. The van der Waals surface area contributed by atoms with Crippen LogP contribution in [0.5, 0.6) is 5.75 Å². The summed E-state index contributed by atoms with van der Waals surface area (Å²) in [4.78, 5) is 27.8. The summed E-state index contributed by atoms with van der Waals surface area (Å²) in [5.74, 6) is -0.0570. The van der Waals surface area contributed by atoms with Crippen molar-refractivity contribution in [2.75, 3.05) is 7.11 Å². The van der Waals surface area contributed by atoms with Crippen LogP contribution in [-0.2, 0) is 6.54 Å². The maximum absolute atomic E-state index is 12.7. The Morgan fingerprint density at radius 1 is 1.41 bits per heavy atom. The quantitative estimate of drug-likeness (QED) is 0.363. The molecule has 0 unspecified atom stereocenters. The molecule has 1 amide bonds.